The van der Waals surface area contributed by atoms with Crippen molar-refractivity contribution in [3.8, 4) is 0 Å². The maximum atomic E-state index is 12.0. The maximum absolute atomic E-state index is 12.0. The number of aromatic nitrogens is 4. The van der Waals surface area contributed by atoms with Gasteiger partial charge in [-0.15, -0.1) is 10.2 Å². The van der Waals surface area contributed by atoms with Crippen molar-refractivity contribution in [3.63, 3.8) is 0 Å². The molecule has 0 saturated carbocycles. The van der Waals surface area contributed by atoms with Gasteiger partial charge in [0.05, 0.1) is 6.54 Å². The molecular weight excluding hydrogens is 278 g/mol. The van der Waals surface area contributed by atoms with Gasteiger partial charge in [-0.2, -0.15) is 0 Å². The van der Waals surface area contributed by atoms with Crippen LogP contribution in [0.2, 0.25) is 5.15 Å². The van der Waals surface area contributed by atoms with Crippen molar-refractivity contribution in [1.82, 2.24) is 24.5 Å². The second-order valence-corrected chi connectivity index (χ2v) is 5.57. The lowest BCUT2D eigenvalue weighted by Crippen LogP contribution is -2.25. The van der Waals surface area contributed by atoms with E-state index in [-0.39, 0.29) is 16.6 Å². The predicted octanol–water partition coefficient (Wildman–Crippen LogP) is 0.342. The van der Waals surface area contributed by atoms with Crippen LogP contribution in [0.3, 0.4) is 0 Å². The minimum Gasteiger partial charge on any atom is -0.320 e. The molecule has 0 atom stereocenters. The Morgan fingerprint density at radius 2 is 2.28 bits per heavy atom. The van der Waals surface area contributed by atoms with Gasteiger partial charge in [0, 0.05) is 13.2 Å². The summed E-state index contributed by atoms with van der Waals surface area (Å²) in [6.07, 6.45) is 2.91. The van der Waals surface area contributed by atoms with Crippen molar-refractivity contribution >= 4 is 21.6 Å². The van der Waals surface area contributed by atoms with Crippen LogP contribution < -0.4 is 4.72 Å². The second-order valence-electron chi connectivity index (χ2n) is 3.47. The van der Waals surface area contributed by atoms with E-state index in [9.17, 15) is 8.42 Å². The first-order valence-electron chi connectivity index (χ1n) is 4.94. The third-order valence-corrected chi connectivity index (χ3v) is 4.09. The molecule has 0 aliphatic carbocycles. The topological polar surface area (TPSA) is 89.8 Å². The summed E-state index contributed by atoms with van der Waals surface area (Å²) >= 11 is 5.74. The van der Waals surface area contributed by atoms with Gasteiger partial charge < -0.3 is 4.57 Å². The first-order chi connectivity index (χ1) is 8.50. The van der Waals surface area contributed by atoms with Crippen molar-refractivity contribution in [2.75, 3.05) is 0 Å². The van der Waals surface area contributed by atoms with Gasteiger partial charge in [-0.3, -0.25) is 0 Å². The SMILES string of the molecule is Cn1cnnc1CNS(=O)(=O)c1cccnc1Cl. The van der Waals surface area contributed by atoms with Crippen LogP contribution in [0, 0.1) is 0 Å². The molecule has 0 bridgehead atoms. The van der Waals surface area contributed by atoms with E-state index < -0.39 is 10.0 Å². The molecule has 0 aromatic carbocycles. The average molecular weight is 288 g/mol. The maximum Gasteiger partial charge on any atom is 0.244 e. The summed E-state index contributed by atoms with van der Waals surface area (Å²) in [7, 11) is -1.99. The van der Waals surface area contributed by atoms with E-state index in [0.29, 0.717) is 5.82 Å². The third-order valence-electron chi connectivity index (χ3n) is 2.24. The lowest BCUT2D eigenvalue weighted by Gasteiger charge is -2.06. The van der Waals surface area contributed by atoms with Crippen LogP contribution in [-0.4, -0.2) is 28.2 Å². The van der Waals surface area contributed by atoms with E-state index in [0.717, 1.165) is 0 Å². The first kappa shape index (κ1) is 12.9. The lowest BCUT2D eigenvalue weighted by molar-refractivity contribution is 0.577. The molecule has 0 radical (unpaired) electrons. The van der Waals surface area contributed by atoms with Gasteiger partial charge >= 0.3 is 0 Å². The van der Waals surface area contributed by atoms with Crippen LogP contribution in [0.15, 0.2) is 29.6 Å². The smallest absolute Gasteiger partial charge is 0.244 e. The molecule has 2 aromatic heterocycles. The quantitative estimate of drug-likeness (QED) is 0.819. The van der Waals surface area contributed by atoms with Gasteiger partial charge in [-0.25, -0.2) is 18.1 Å². The number of hydrogen-bond acceptors (Lipinski definition) is 5. The molecule has 0 saturated heterocycles. The van der Waals surface area contributed by atoms with Crippen LogP contribution in [-0.2, 0) is 23.6 Å². The summed E-state index contributed by atoms with van der Waals surface area (Å²) in [5.74, 6) is 0.499. The molecule has 1 N–H and O–H groups in total. The molecule has 2 aromatic rings. The molecular formula is C9H10ClN5O2S. The summed E-state index contributed by atoms with van der Waals surface area (Å²) in [5.41, 5.74) is 0. The molecule has 0 amide bonds. The highest BCUT2D eigenvalue weighted by Gasteiger charge is 2.18. The minimum atomic E-state index is -3.71. The summed E-state index contributed by atoms with van der Waals surface area (Å²) in [5, 5.41) is 7.36. The fourth-order valence-electron chi connectivity index (χ4n) is 1.28. The van der Waals surface area contributed by atoms with Gasteiger partial charge in [0.25, 0.3) is 0 Å². The number of nitrogens with one attached hydrogen (secondary N) is 1. The number of rotatable bonds is 4. The summed E-state index contributed by atoms with van der Waals surface area (Å²) in [6, 6.07) is 2.89. The highest BCUT2D eigenvalue weighted by atomic mass is 35.5. The second kappa shape index (κ2) is 5.01. The normalized spacial score (nSPS) is 11.7. The van der Waals surface area contributed by atoms with Crippen LogP contribution in [0.4, 0.5) is 0 Å². The van der Waals surface area contributed by atoms with E-state index in [4.69, 9.17) is 11.6 Å². The number of hydrogen-bond donors (Lipinski definition) is 1. The minimum absolute atomic E-state index is 0.0318. The summed E-state index contributed by atoms with van der Waals surface area (Å²) in [4.78, 5) is 3.66. The molecule has 0 aliphatic rings. The Bertz CT molecular complexity index is 654. The summed E-state index contributed by atoms with van der Waals surface area (Å²) in [6.45, 7) is 0.0318. The van der Waals surface area contributed by atoms with Crippen molar-refractivity contribution in [3.05, 3.63) is 35.6 Å². The number of aryl methyl sites for hydroxylation is 1. The largest absolute Gasteiger partial charge is 0.320 e. The van der Waals surface area contributed by atoms with E-state index >= 15 is 0 Å². The Hall–Kier alpha value is -1.51. The number of nitrogens with zero attached hydrogens (tertiary/aromatic N) is 4. The Labute approximate surface area is 109 Å². The Balaban J connectivity index is 2.19. The Morgan fingerprint density at radius 3 is 2.89 bits per heavy atom. The van der Waals surface area contributed by atoms with Crippen LogP contribution in [0.1, 0.15) is 5.82 Å². The zero-order chi connectivity index (χ0) is 13.2. The molecule has 7 nitrogen and oxygen atoms in total. The molecule has 96 valence electrons. The van der Waals surface area contributed by atoms with Crippen LogP contribution >= 0.6 is 11.6 Å². The van der Waals surface area contributed by atoms with Crippen LogP contribution in [0.25, 0.3) is 0 Å². The molecule has 9 heteroatoms. The molecule has 0 unspecified atom stereocenters. The van der Waals surface area contributed by atoms with E-state index in [2.05, 4.69) is 19.9 Å². The van der Waals surface area contributed by atoms with E-state index in [1.165, 1.54) is 24.7 Å². The van der Waals surface area contributed by atoms with Crippen molar-refractivity contribution in [2.45, 2.75) is 11.4 Å². The zero-order valence-corrected chi connectivity index (χ0v) is 11.0. The lowest BCUT2D eigenvalue weighted by atomic mass is 10.5. The first-order valence-corrected chi connectivity index (χ1v) is 6.80. The highest BCUT2D eigenvalue weighted by molar-refractivity contribution is 7.89. The molecule has 0 aliphatic heterocycles. The molecule has 0 fully saturated rings. The number of pyridine rings is 1. The van der Waals surface area contributed by atoms with Gasteiger partial charge in [-0.05, 0) is 12.1 Å². The van der Waals surface area contributed by atoms with Gasteiger partial charge in [0.2, 0.25) is 10.0 Å². The van der Waals surface area contributed by atoms with Crippen LogP contribution in [0.5, 0.6) is 0 Å². The van der Waals surface area contributed by atoms with E-state index in [1.807, 2.05) is 0 Å². The zero-order valence-electron chi connectivity index (χ0n) is 9.41. The fourth-order valence-corrected chi connectivity index (χ4v) is 2.71. The Kier molecular flexibility index (Phi) is 3.60. The predicted molar refractivity (Wildman–Crippen MR) is 64.3 cm³/mol. The monoisotopic (exact) mass is 287 g/mol. The van der Waals surface area contributed by atoms with E-state index in [1.54, 1.807) is 11.6 Å². The van der Waals surface area contributed by atoms with Crippen molar-refractivity contribution in [2.24, 2.45) is 7.05 Å². The molecule has 18 heavy (non-hydrogen) atoms. The fraction of sp³-hybridized carbons (Fsp3) is 0.222. The third kappa shape index (κ3) is 2.66. The summed E-state index contributed by atoms with van der Waals surface area (Å²) < 4.78 is 27.9. The average Bonchev–Trinajstić information content (AvgIpc) is 2.73. The van der Waals surface area contributed by atoms with Crippen molar-refractivity contribution < 1.29 is 8.42 Å². The molecule has 2 rings (SSSR count). The van der Waals surface area contributed by atoms with Gasteiger partial charge in [0.15, 0.2) is 0 Å². The molecule has 0 spiro atoms. The van der Waals surface area contributed by atoms with Crippen molar-refractivity contribution in [1.29, 1.82) is 0 Å². The van der Waals surface area contributed by atoms with Gasteiger partial charge in [0.1, 0.15) is 22.2 Å². The molecule has 2 heterocycles. The number of halogens is 1. The Morgan fingerprint density at radius 1 is 1.50 bits per heavy atom. The number of sulfonamides is 1. The highest BCUT2D eigenvalue weighted by Crippen LogP contribution is 2.17. The standard InChI is InChI=1S/C9H10ClN5O2S/c1-15-6-12-14-8(15)5-13-18(16,17)7-3-2-4-11-9(7)10/h2-4,6,13H,5H2,1H3. The van der Waals surface area contributed by atoms with Gasteiger partial charge in [-0.1, -0.05) is 11.6 Å².